The van der Waals surface area contributed by atoms with Crippen LogP contribution in [-0.4, -0.2) is 71.0 Å². The Bertz CT molecular complexity index is 850. The second-order valence-corrected chi connectivity index (χ2v) is 9.74. The van der Waals surface area contributed by atoms with Crippen LogP contribution in [0.1, 0.15) is 24.0 Å². The summed E-state index contributed by atoms with van der Waals surface area (Å²) in [4.78, 5) is 0. The highest BCUT2D eigenvalue weighted by atomic mass is 31.2. The van der Waals surface area contributed by atoms with Crippen LogP contribution in [-0.2, 0) is 40.8 Å². The molecule has 1 saturated heterocycles. The minimum Gasteiger partial charge on any atom is -0.394 e. The fourth-order valence-corrected chi connectivity index (χ4v) is 4.54. The van der Waals surface area contributed by atoms with Crippen molar-refractivity contribution in [2.24, 2.45) is 0 Å². The molecule has 194 valence electrons. The maximum Gasteiger partial charge on any atom is 0.475 e. The monoisotopic (exact) mass is 512 g/mol. The van der Waals surface area contributed by atoms with Gasteiger partial charge >= 0.3 is 7.82 Å². The number of benzene rings is 2. The van der Waals surface area contributed by atoms with Crippen LogP contribution < -0.4 is 0 Å². The summed E-state index contributed by atoms with van der Waals surface area (Å²) in [6, 6.07) is 18.5. The van der Waals surface area contributed by atoms with Crippen LogP contribution in [0.5, 0.6) is 0 Å². The topological polar surface area (TPSA) is 144 Å². The molecule has 0 bridgehead atoms. The standard InChI is InChI=1S/C24H33O10P/c25-15-20-21(26)22(27)23(28)24(34-20)30-13-7-8-14-31-35(29,32-16-18-9-3-1-4-10-18)33-17-19-11-5-2-6-12-19/h1-6,9-12,20-28H,7-8,13-17H2/t20?,21-,22+,23?,24-/m1/s1. The number of phosphoric acid groups is 1. The molecule has 1 aliphatic heterocycles. The number of phosphoric ester groups is 1. The Labute approximate surface area is 204 Å². The fourth-order valence-electron chi connectivity index (χ4n) is 3.35. The van der Waals surface area contributed by atoms with E-state index in [1.807, 2.05) is 60.7 Å². The summed E-state index contributed by atoms with van der Waals surface area (Å²) in [7, 11) is -3.86. The quantitative estimate of drug-likeness (QED) is 0.220. The zero-order valence-electron chi connectivity index (χ0n) is 19.3. The molecule has 1 heterocycles. The van der Waals surface area contributed by atoms with Crippen LogP contribution in [0.2, 0.25) is 0 Å². The predicted octanol–water partition coefficient (Wildman–Crippen LogP) is 2.14. The average molecular weight is 512 g/mol. The molecule has 0 amide bonds. The molecule has 0 radical (unpaired) electrons. The Balaban J connectivity index is 1.44. The van der Waals surface area contributed by atoms with Crippen LogP contribution in [0.3, 0.4) is 0 Å². The van der Waals surface area contributed by atoms with Crippen molar-refractivity contribution in [1.82, 2.24) is 0 Å². The molecule has 3 rings (SSSR count). The third-order valence-electron chi connectivity index (χ3n) is 5.38. The van der Waals surface area contributed by atoms with Gasteiger partial charge in [-0.3, -0.25) is 13.6 Å². The van der Waals surface area contributed by atoms with Crippen LogP contribution >= 0.6 is 7.82 Å². The first-order chi connectivity index (χ1) is 16.9. The predicted molar refractivity (Wildman–Crippen MR) is 125 cm³/mol. The summed E-state index contributed by atoms with van der Waals surface area (Å²) in [5.41, 5.74) is 1.65. The van der Waals surface area contributed by atoms with Gasteiger partial charge in [-0.05, 0) is 24.0 Å². The van der Waals surface area contributed by atoms with E-state index in [4.69, 9.17) is 23.0 Å². The molecular formula is C24H33O10P. The molecule has 2 unspecified atom stereocenters. The summed E-state index contributed by atoms with van der Waals surface area (Å²) in [6.07, 6.45) is -5.73. The Hall–Kier alpha value is -1.69. The molecular weight excluding hydrogens is 479 g/mol. The molecule has 1 fully saturated rings. The zero-order valence-corrected chi connectivity index (χ0v) is 20.2. The Morgan fingerprint density at radius 2 is 1.29 bits per heavy atom. The van der Waals surface area contributed by atoms with Crippen molar-refractivity contribution in [3.8, 4) is 0 Å². The fraction of sp³-hybridized carbons (Fsp3) is 0.500. The summed E-state index contributed by atoms with van der Waals surface area (Å²) in [6.45, 7) is -0.203. The minimum absolute atomic E-state index is 0.0626. The molecule has 0 spiro atoms. The summed E-state index contributed by atoms with van der Waals surface area (Å²) in [5, 5.41) is 38.9. The van der Waals surface area contributed by atoms with Crippen LogP contribution in [0.25, 0.3) is 0 Å². The van der Waals surface area contributed by atoms with Crippen molar-refractivity contribution < 1.29 is 48.0 Å². The van der Waals surface area contributed by atoms with E-state index in [9.17, 15) is 25.0 Å². The molecule has 10 nitrogen and oxygen atoms in total. The van der Waals surface area contributed by atoms with E-state index in [1.54, 1.807) is 0 Å². The molecule has 2 aromatic carbocycles. The second-order valence-electron chi connectivity index (χ2n) is 8.07. The van der Waals surface area contributed by atoms with Gasteiger partial charge < -0.3 is 29.9 Å². The molecule has 2 aromatic rings. The van der Waals surface area contributed by atoms with E-state index in [-0.39, 0.29) is 26.4 Å². The maximum atomic E-state index is 13.2. The first kappa shape index (κ1) is 27.9. The van der Waals surface area contributed by atoms with Crippen molar-refractivity contribution in [2.45, 2.75) is 56.8 Å². The lowest BCUT2D eigenvalue weighted by molar-refractivity contribution is -0.301. The molecule has 35 heavy (non-hydrogen) atoms. The third kappa shape index (κ3) is 8.73. The van der Waals surface area contributed by atoms with Crippen LogP contribution in [0.4, 0.5) is 0 Å². The van der Waals surface area contributed by atoms with Gasteiger partial charge in [0.25, 0.3) is 0 Å². The van der Waals surface area contributed by atoms with Crippen molar-refractivity contribution >= 4 is 7.82 Å². The van der Waals surface area contributed by atoms with Crippen molar-refractivity contribution in [3.05, 3.63) is 71.8 Å². The highest BCUT2D eigenvalue weighted by Gasteiger charge is 2.43. The van der Waals surface area contributed by atoms with Gasteiger partial charge in [-0.25, -0.2) is 4.57 Å². The van der Waals surface area contributed by atoms with Crippen molar-refractivity contribution in [1.29, 1.82) is 0 Å². The second kappa shape index (κ2) is 14.2. The number of aliphatic hydroxyl groups excluding tert-OH is 4. The number of rotatable bonds is 14. The highest BCUT2D eigenvalue weighted by Crippen LogP contribution is 2.51. The van der Waals surface area contributed by atoms with E-state index in [0.29, 0.717) is 12.8 Å². The Kier molecular flexibility index (Phi) is 11.3. The van der Waals surface area contributed by atoms with E-state index < -0.39 is 45.1 Å². The zero-order chi connectivity index (χ0) is 25.1. The molecule has 4 N–H and O–H groups in total. The van der Waals surface area contributed by atoms with E-state index in [1.165, 1.54) is 0 Å². The molecule has 11 heteroatoms. The first-order valence-electron chi connectivity index (χ1n) is 11.5. The Morgan fingerprint density at radius 3 is 1.83 bits per heavy atom. The van der Waals surface area contributed by atoms with Gasteiger partial charge in [-0.2, -0.15) is 0 Å². The van der Waals surface area contributed by atoms with Gasteiger partial charge in [0.2, 0.25) is 0 Å². The van der Waals surface area contributed by atoms with Gasteiger partial charge in [0.05, 0.1) is 26.4 Å². The number of ether oxygens (including phenoxy) is 2. The minimum atomic E-state index is -3.86. The largest absolute Gasteiger partial charge is 0.475 e. The summed E-state index contributed by atoms with van der Waals surface area (Å²) >= 11 is 0. The van der Waals surface area contributed by atoms with Crippen LogP contribution in [0, 0.1) is 0 Å². The van der Waals surface area contributed by atoms with Gasteiger partial charge in [0.15, 0.2) is 6.29 Å². The van der Waals surface area contributed by atoms with E-state index in [2.05, 4.69) is 0 Å². The first-order valence-corrected chi connectivity index (χ1v) is 12.9. The molecule has 0 aromatic heterocycles. The smallest absolute Gasteiger partial charge is 0.394 e. The van der Waals surface area contributed by atoms with Gasteiger partial charge in [0.1, 0.15) is 24.4 Å². The highest BCUT2D eigenvalue weighted by molar-refractivity contribution is 7.48. The van der Waals surface area contributed by atoms with Crippen molar-refractivity contribution in [3.63, 3.8) is 0 Å². The molecule has 0 saturated carbocycles. The van der Waals surface area contributed by atoms with Crippen LogP contribution in [0.15, 0.2) is 60.7 Å². The SMILES string of the molecule is O=P(OCCCCO[C@@H]1OC(CO)[C@@H](O)[C@H](O)C1O)(OCc1ccccc1)OCc1ccccc1. The summed E-state index contributed by atoms with van der Waals surface area (Å²) in [5.74, 6) is 0. The number of unbranched alkanes of at least 4 members (excludes halogenated alkanes) is 1. The van der Waals surface area contributed by atoms with Gasteiger partial charge in [-0.15, -0.1) is 0 Å². The molecule has 1 aliphatic rings. The number of hydrogen-bond donors (Lipinski definition) is 4. The normalized spacial score (nSPS) is 25.0. The lowest BCUT2D eigenvalue weighted by Crippen LogP contribution is -2.59. The molecule has 5 atom stereocenters. The lowest BCUT2D eigenvalue weighted by atomic mass is 9.99. The number of hydrogen-bond acceptors (Lipinski definition) is 10. The third-order valence-corrected chi connectivity index (χ3v) is 6.77. The number of aliphatic hydroxyl groups is 4. The van der Waals surface area contributed by atoms with Gasteiger partial charge in [-0.1, -0.05) is 60.7 Å². The summed E-state index contributed by atoms with van der Waals surface area (Å²) < 4.78 is 40.6. The van der Waals surface area contributed by atoms with E-state index >= 15 is 0 Å². The Morgan fingerprint density at radius 1 is 0.743 bits per heavy atom. The lowest BCUT2D eigenvalue weighted by Gasteiger charge is -2.39. The average Bonchev–Trinajstić information content (AvgIpc) is 2.89. The maximum absolute atomic E-state index is 13.2. The van der Waals surface area contributed by atoms with E-state index in [0.717, 1.165) is 11.1 Å². The molecule has 0 aliphatic carbocycles. The van der Waals surface area contributed by atoms with Crippen molar-refractivity contribution in [2.75, 3.05) is 19.8 Å². The van der Waals surface area contributed by atoms with Gasteiger partial charge in [0, 0.05) is 6.61 Å².